The summed E-state index contributed by atoms with van der Waals surface area (Å²) < 4.78 is 0. The number of hydrogen-bond donors (Lipinski definition) is 3. The molecule has 0 saturated heterocycles. The summed E-state index contributed by atoms with van der Waals surface area (Å²) in [5.74, 6) is 1.37. The number of oxime groups is 1. The van der Waals surface area contributed by atoms with Gasteiger partial charge in [-0.25, -0.2) is 0 Å². The largest absolute Gasteiger partial charge is 0.409 e. The lowest BCUT2D eigenvalue weighted by atomic mass is 10.1. The molecule has 5 heteroatoms. The molecule has 0 radical (unpaired) electrons. The van der Waals surface area contributed by atoms with Gasteiger partial charge in [0.1, 0.15) is 0 Å². The van der Waals surface area contributed by atoms with E-state index in [4.69, 9.17) is 10.9 Å². The van der Waals surface area contributed by atoms with Crippen LogP contribution in [0.3, 0.4) is 0 Å². The predicted octanol–water partition coefficient (Wildman–Crippen LogP) is 2.54. The van der Waals surface area contributed by atoms with E-state index in [1.807, 2.05) is 24.3 Å². The van der Waals surface area contributed by atoms with Crippen molar-refractivity contribution >= 4 is 17.6 Å². The Kier molecular flexibility index (Phi) is 5.73. The third-order valence-corrected chi connectivity index (χ3v) is 5.00. The third kappa shape index (κ3) is 3.90. The highest BCUT2D eigenvalue weighted by Crippen LogP contribution is 2.29. The van der Waals surface area contributed by atoms with E-state index >= 15 is 0 Å². The maximum absolute atomic E-state index is 8.83. The van der Waals surface area contributed by atoms with Crippen molar-refractivity contribution in [3.8, 4) is 0 Å². The SMILES string of the molecule is CCSC1CCC(NCc2ccccc2/C(N)=N/O)C1. The maximum Gasteiger partial charge on any atom is 0.170 e. The molecule has 2 unspecified atom stereocenters. The van der Waals surface area contributed by atoms with Gasteiger partial charge in [0.15, 0.2) is 5.84 Å². The third-order valence-electron chi connectivity index (χ3n) is 3.77. The molecule has 0 heterocycles. The maximum atomic E-state index is 8.83. The van der Waals surface area contributed by atoms with Gasteiger partial charge in [0, 0.05) is 23.4 Å². The van der Waals surface area contributed by atoms with E-state index in [2.05, 4.69) is 29.2 Å². The zero-order valence-corrected chi connectivity index (χ0v) is 12.7. The van der Waals surface area contributed by atoms with Crippen molar-refractivity contribution in [2.75, 3.05) is 5.75 Å². The smallest absolute Gasteiger partial charge is 0.170 e. The van der Waals surface area contributed by atoms with Gasteiger partial charge in [-0.05, 0) is 30.6 Å². The van der Waals surface area contributed by atoms with Gasteiger partial charge in [-0.15, -0.1) is 0 Å². The van der Waals surface area contributed by atoms with E-state index < -0.39 is 0 Å². The van der Waals surface area contributed by atoms with Crippen molar-refractivity contribution in [1.82, 2.24) is 5.32 Å². The van der Waals surface area contributed by atoms with E-state index in [0.717, 1.165) is 22.9 Å². The van der Waals surface area contributed by atoms with Crippen LogP contribution in [0.5, 0.6) is 0 Å². The second kappa shape index (κ2) is 7.55. The Balaban J connectivity index is 1.92. The van der Waals surface area contributed by atoms with Crippen molar-refractivity contribution in [2.24, 2.45) is 10.9 Å². The molecule has 20 heavy (non-hydrogen) atoms. The number of nitrogens with two attached hydrogens (primary N) is 1. The van der Waals surface area contributed by atoms with Crippen LogP contribution >= 0.6 is 11.8 Å². The zero-order chi connectivity index (χ0) is 14.4. The van der Waals surface area contributed by atoms with Gasteiger partial charge in [0.05, 0.1) is 0 Å². The highest BCUT2D eigenvalue weighted by atomic mass is 32.2. The van der Waals surface area contributed by atoms with Crippen LogP contribution in [0, 0.1) is 0 Å². The van der Waals surface area contributed by atoms with Gasteiger partial charge < -0.3 is 16.3 Å². The topological polar surface area (TPSA) is 70.6 Å². The summed E-state index contributed by atoms with van der Waals surface area (Å²) in [5.41, 5.74) is 7.59. The average molecular weight is 293 g/mol. The molecule has 1 fully saturated rings. The van der Waals surface area contributed by atoms with Crippen LogP contribution in [-0.2, 0) is 6.54 Å². The molecular weight excluding hydrogens is 270 g/mol. The molecule has 4 nitrogen and oxygen atoms in total. The number of thioether (sulfide) groups is 1. The fraction of sp³-hybridized carbons (Fsp3) is 0.533. The molecule has 2 atom stereocenters. The minimum absolute atomic E-state index is 0.174. The molecule has 2 rings (SSSR count). The molecule has 1 aromatic carbocycles. The van der Waals surface area contributed by atoms with Crippen LogP contribution in [0.1, 0.15) is 37.3 Å². The zero-order valence-electron chi connectivity index (χ0n) is 11.9. The van der Waals surface area contributed by atoms with Gasteiger partial charge in [-0.3, -0.25) is 0 Å². The first kappa shape index (κ1) is 15.2. The van der Waals surface area contributed by atoms with E-state index in [9.17, 15) is 0 Å². The number of rotatable bonds is 6. The molecule has 0 aromatic heterocycles. The number of amidine groups is 1. The lowest BCUT2D eigenvalue weighted by Gasteiger charge is -2.15. The Bertz CT molecular complexity index is 464. The number of nitrogens with zero attached hydrogens (tertiary/aromatic N) is 1. The van der Waals surface area contributed by atoms with Crippen LogP contribution in [-0.4, -0.2) is 28.1 Å². The minimum Gasteiger partial charge on any atom is -0.409 e. The first-order chi connectivity index (χ1) is 9.74. The summed E-state index contributed by atoms with van der Waals surface area (Å²) in [6.45, 7) is 2.99. The lowest BCUT2D eigenvalue weighted by molar-refractivity contribution is 0.318. The minimum atomic E-state index is 0.174. The van der Waals surface area contributed by atoms with Crippen molar-refractivity contribution in [3.05, 3.63) is 35.4 Å². The quantitative estimate of drug-likeness (QED) is 0.326. The van der Waals surface area contributed by atoms with Crippen LogP contribution in [0.25, 0.3) is 0 Å². The average Bonchev–Trinajstić information content (AvgIpc) is 2.93. The summed E-state index contributed by atoms with van der Waals surface area (Å²) in [4.78, 5) is 0. The van der Waals surface area contributed by atoms with Gasteiger partial charge in [0.25, 0.3) is 0 Å². The second-order valence-electron chi connectivity index (χ2n) is 5.11. The summed E-state index contributed by atoms with van der Waals surface area (Å²) >= 11 is 2.06. The fourth-order valence-corrected chi connectivity index (χ4v) is 3.89. The first-order valence-corrected chi connectivity index (χ1v) is 8.20. The Morgan fingerprint density at radius 1 is 1.45 bits per heavy atom. The number of hydrogen-bond acceptors (Lipinski definition) is 4. The monoisotopic (exact) mass is 293 g/mol. The molecule has 1 saturated carbocycles. The van der Waals surface area contributed by atoms with Crippen molar-refractivity contribution in [1.29, 1.82) is 0 Å². The molecule has 0 bridgehead atoms. The van der Waals surface area contributed by atoms with E-state index in [0.29, 0.717) is 6.04 Å². The Hall–Kier alpha value is -1.20. The molecule has 4 N–H and O–H groups in total. The Morgan fingerprint density at radius 2 is 2.25 bits per heavy atom. The van der Waals surface area contributed by atoms with Gasteiger partial charge >= 0.3 is 0 Å². The van der Waals surface area contributed by atoms with Crippen LogP contribution in [0.4, 0.5) is 0 Å². The van der Waals surface area contributed by atoms with Gasteiger partial charge in [-0.2, -0.15) is 11.8 Å². The predicted molar refractivity (Wildman–Crippen MR) is 85.4 cm³/mol. The number of nitrogens with one attached hydrogen (secondary N) is 1. The van der Waals surface area contributed by atoms with Gasteiger partial charge in [0.2, 0.25) is 0 Å². The highest BCUT2D eigenvalue weighted by Gasteiger charge is 2.24. The molecule has 110 valence electrons. The fourth-order valence-electron chi connectivity index (χ4n) is 2.75. The lowest BCUT2D eigenvalue weighted by Crippen LogP contribution is -2.27. The van der Waals surface area contributed by atoms with Crippen molar-refractivity contribution in [2.45, 2.75) is 44.0 Å². The Labute approximate surface area is 124 Å². The van der Waals surface area contributed by atoms with E-state index in [1.54, 1.807) is 0 Å². The number of benzene rings is 1. The summed E-state index contributed by atoms with van der Waals surface area (Å²) in [6, 6.07) is 8.37. The molecule has 1 aromatic rings. The van der Waals surface area contributed by atoms with Crippen LogP contribution in [0.15, 0.2) is 29.4 Å². The second-order valence-corrected chi connectivity index (χ2v) is 6.69. The van der Waals surface area contributed by atoms with E-state index in [-0.39, 0.29) is 5.84 Å². The summed E-state index contributed by atoms with van der Waals surface area (Å²) in [5, 5.41) is 16.3. The van der Waals surface area contributed by atoms with Crippen LogP contribution in [0.2, 0.25) is 0 Å². The molecule has 1 aliphatic rings. The molecular formula is C15H23N3OS. The Morgan fingerprint density at radius 3 is 3.00 bits per heavy atom. The summed E-state index contributed by atoms with van der Waals surface area (Å²) in [7, 11) is 0. The first-order valence-electron chi connectivity index (χ1n) is 7.15. The van der Waals surface area contributed by atoms with E-state index in [1.165, 1.54) is 25.0 Å². The highest BCUT2D eigenvalue weighted by molar-refractivity contribution is 7.99. The van der Waals surface area contributed by atoms with Crippen molar-refractivity contribution < 1.29 is 5.21 Å². The summed E-state index contributed by atoms with van der Waals surface area (Å²) in [6.07, 6.45) is 3.78. The molecule has 0 spiro atoms. The normalized spacial score (nSPS) is 23.1. The van der Waals surface area contributed by atoms with Gasteiger partial charge in [-0.1, -0.05) is 36.3 Å². The molecule has 1 aliphatic carbocycles. The standard InChI is InChI=1S/C15H23N3OS/c1-2-20-13-8-7-12(9-13)17-10-11-5-3-4-6-14(11)15(16)18-19/h3-6,12-13,17,19H,2,7-10H2,1H3,(H2,16,18). The van der Waals surface area contributed by atoms with Crippen molar-refractivity contribution in [3.63, 3.8) is 0 Å². The van der Waals surface area contributed by atoms with Crippen LogP contribution < -0.4 is 11.1 Å². The molecule has 0 aliphatic heterocycles. The molecule has 0 amide bonds.